The third-order valence-corrected chi connectivity index (χ3v) is 4.18. The molecular weight excluding hydrogens is 320 g/mol. The Kier molecular flexibility index (Phi) is 4.95. The lowest BCUT2D eigenvalue weighted by molar-refractivity contribution is 0.0455. The molecule has 0 saturated carbocycles. The number of morpholine rings is 1. The standard InChI is InChI=1S/C17H20N6O2/c1-21-6-5-19-16(17(21)24)22(2)11-14-12-23(7-8-25-14)15-4-3-13(9-18)10-20-15/h3-6,10,14H,7-8,11-12H2,1-2H3/t14-/m1/s1. The van der Waals surface area contributed by atoms with Crippen molar-refractivity contribution in [1.29, 1.82) is 5.26 Å². The van der Waals surface area contributed by atoms with Crippen molar-refractivity contribution in [3.63, 3.8) is 0 Å². The molecule has 3 rings (SSSR count). The highest BCUT2D eigenvalue weighted by atomic mass is 16.5. The van der Waals surface area contributed by atoms with E-state index in [1.165, 1.54) is 4.57 Å². The Bertz CT molecular complexity index is 826. The maximum Gasteiger partial charge on any atom is 0.293 e. The van der Waals surface area contributed by atoms with Gasteiger partial charge in [-0.3, -0.25) is 4.79 Å². The monoisotopic (exact) mass is 340 g/mol. The van der Waals surface area contributed by atoms with Gasteiger partial charge in [-0.05, 0) is 12.1 Å². The molecule has 0 unspecified atom stereocenters. The van der Waals surface area contributed by atoms with Crippen molar-refractivity contribution in [2.45, 2.75) is 6.10 Å². The van der Waals surface area contributed by atoms with Crippen LogP contribution in [0, 0.1) is 11.3 Å². The van der Waals surface area contributed by atoms with Crippen LogP contribution in [0.5, 0.6) is 0 Å². The van der Waals surface area contributed by atoms with Crippen LogP contribution in [0.15, 0.2) is 35.5 Å². The SMILES string of the molecule is CN(C[C@@H]1CN(c2ccc(C#N)cn2)CCO1)c1nccn(C)c1=O. The first kappa shape index (κ1) is 16.9. The predicted molar refractivity (Wildman–Crippen MR) is 93.7 cm³/mol. The largest absolute Gasteiger partial charge is 0.373 e. The van der Waals surface area contributed by atoms with E-state index in [-0.39, 0.29) is 11.7 Å². The van der Waals surface area contributed by atoms with Crippen molar-refractivity contribution in [3.8, 4) is 6.07 Å². The zero-order valence-electron chi connectivity index (χ0n) is 14.3. The molecule has 25 heavy (non-hydrogen) atoms. The molecular formula is C17H20N6O2. The third kappa shape index (κ3) is 3.78. The van der Waals surface area contributed by atoms with E-state index in [1.54, 1.807) is 31.7 Å². The molecule has 0 radical (unpaired) electrons. The van der Waals surface area contributed by atoms with Crippen LogP contribution < -0.4 is 15.4 Å². The van der Waals surface area contributed by atoms with Crippen LogP contribution in [0.2, 0.25) is 0 Å². The average molecular weight is 340 g/mol. The maximum absolute atomic E-state index is 12.2. The summed E-state index contributed by atoms with van der Waals surface area (Å²) < 4.78 is 7.34. The fraction of sp³-hybridized carbons (Fsp3) is 0.412. The molecule has 1 saturated heterocycles. The van der Waals surface area contributed by atoms with Gasteiger partial charge < -0.3 is 19.1 Å². The molecule has 2 aromatic heterocycles. The summed E-state index contributed by atoms with van der Waals surface area (Å²) >= 11 is 0. The lowest BCUT2D eigenvalue weighted by atomic mass is 10.2. The van der Waals surface area contributed by atoms with Crippen LogP contribution in [-0.4, -0.2) is 53.9 Å². The molecule has 0 N–H and O–H groups in total. The minimum absolute atomic E-state index is 0.0668. The number of anilines is 2. The zero-order chi connectivity index (χ0) is 17.8. The summed E-state index contributed by atoms with van der Waals surface area (Å²) in [6.07, 6.45) is 4.75. The van der Waals surface area contributed by atoms with Gasteiger partial charge in [0.2, 0.25) is 0 Å². The van der Waals surface area contributed by atoms with E-state index in [0.717, 1.165) is 12.4 Å². The van der Waals surface area contributed by atoms with Crippen molar-refractivity contribution in [1.82, 2.24) is 14.5 Å². The molecule has 8 nitrogen and oxygen atoms in total. The molecule has 3 heterocycles. The van der Waals surface area contributed by atoms with Crippen molar-refractivity contribution in [3.05, 3.63) is 46.6 Å². The summed E-state index contributed by atoms with van der Waals surface area (Å²) in [6, 6.07) is 5.68. The van der Waals surface area contributed by atoms with Gasteiger partial charge in [0.05, 0.1) is 18.3 Å². The number of aromatic nitrogens is 3. The minimum Gasteiger partial charge on any atom is -0.373 e. The second kappa shape index (κ2) is 7.32. The third-order valence-electron chi connectivity index (χ3n) is 4.18. The van der Waals surface area contributed by atoms with Crippen molar-refractivity contribution < 1.29 is 4.74 Å². The molecule has 8 heteroatoms. The first-order valence-electron chi connectivity index (χ1n) is 8.04. The number of hydrogen-bond donors (Lipinski definition) is 0. The summed E-state index contributed by atoms with van der Waals surface area (Å²) in [5.74, 6) is 1.23. The average Bonchev–Trinajstić information content (AvgIpc) is 2.64. The molecule has 1 aliphatic rings. The van der Waals surface area contributed by atoms with Crippen molar-refractivity contribution in [2.75, 3.05) is 43.1 Å². The molecule has 0 aromatic carbocycles. The van der Waals surface area contributed by atoms with Crippen LogP contribution >= 0.6 is 0 Å². The van der Waals surface area contributed by atoms with Gasteiger partial charge in [0, 0.05) is 52.3 Å². The van der Waals surface area contributed by atoms with Gasteiger partial charge in [0.25, 0.3) is 5.56 Å². The smallest absolute Gasteiger partial charge is 0.293 e. The van der Waals surface area contributed by atoms with Gasteiger partial charge in [-0.25, -0.2) is 9.97 Å². The number of rotatable bonds is 4. The number of nitriles is 1. The Morgan fingerprint density at radius 3 is 3.00 bits per heavy atom. The molecule has 0 spiro atoms. The number of hydrogen-bond acceptors (Lipinski definition) is 7. The fourth-order valence-electron chi connectivity index (χ4n) is 2.82. The summed E-state index contributed by atoms with van der Waals surface area (Å²) in [6.45, 7) is 2.54. The van der Waals surface area contributed by atoms with Crippen LogP contribution in [-0.2, 0) is 11.8 Å². The summed E-state index contributed by atoms with van der Waals surface area (Å²) in [5.41, 5.74) is 0.408. The van der Waals surface area contributed by atoms with E-state index in [2.05, 4.69) is 20.9 Å². The number of nitrogens with zero attached hydrogens (tertiary/aromatic N) is 6. The van der Waals surface area contributed by atoms with Crippen molar-refractivity contribution >= 4 is 11.6 Å². The van der Waals surface area contributed by atoms with E-state index in [4.69, 9.17) is 10.00 Å². The van der Waals surface area contributed by atoms with Gasteiger partial charge in [-0.15, -0.1) is 0 Å². The molecule has 0 amide bonds. The maximum atomic E-state index is 12.2. The lowest BCUT2D eigenvalue weighted by Crippen LogP contribution is -2.48. The minimum atomic E-state index is -0.133. The normalized spacial score (nSPS) is 17.2. The van der Waals surface area contributed by atoms with Crippen LogP contribution in [0.1, 0.15) is 5.56 Å². The van der Waals surface area contributed by atoms with Gasteiger partial charge >= 0.3 is 0 Å². The summed E-state index contributed by atoms with van der Waals surface area (Å²) in [7, 11) is 3.54. The number of aryl methyl sites for hydroxylation is 1. The van der Waals surface area contributed by atoms with Gasteiger partial charge in [0.15, 0.2) is 5.82 Å². The van der Waals surface area contributed by atoms with Crippen molar-refractivity contribution in [2.24, 2.45) is 7.05 Å². The number of pyridine rings is 1. The van der Waals surface area contributed by atoms with E-state index in [9.17, 15) is 4.79 Å². The van der Waals surface area contributed by atoms with Gasteiger partial charge in [-0.2, -0.15) is 5.26 Å². The molecule has 0 aliphatic carbocycles. The second-order valence-electron chi connectivity index (χ2n) is 6.00. The van der Waals surface area contributed by atoms with E-state index >= 15 is 0 Å². The Hall–Kier alpha value is -2.92. The van der Waals surface area contributed by atoms with E-state index in [1.807, 2.05) is 18.0 Å². The fourth-order valence-corrected chi connectivity index (χ4v) is 2.82. The number of likely N-dealkylation sites (N-methyl/N-ethyl adjacent to an activating group) is 1. The Labute approximate surface area is 145 Å². The van der Waals surface area contributed by atoms with Crippen LogP contribution in [0.4, 0.5) is 11.6 Å². The summed E-state index contributed by atoms with van der Waals surface area (Å²) in [5, 5.41) is 8.87. The predicted octanol–water partition coefficient (Wildman–Crippen LogP) is 0.389. The van der Waals surface area contributed by atoms with Crippen LogP contribution in [0.25, 0.3) is 0 Å². The first-order chi connectivity index (χ1) is 12.1. The molecule has 130 valence electrons. The highest BCUT2D eigenvalue weighted by Gasteiger charge is 2.24. The van der Waals surface area contributed by atoms with E-state index < -0.39 is 0 Å². The highest BCUT2D eigenvalue weighted by molar-refractivity contribution is 5.42. The van der Waals surface area contributed by atoms with Crippen LogP contribution in [0.3, 0.4) is 0 Å². The lowest BCUT2D eigenvalue weighted by Gasteiger charge is -2.35. The molecule has 1 fully saturated rings. The zero-order valence-corrected chi connectivity index (χ0v) is 14.3. The van der Waals surface area contributed by atoms with Gasteiger partial charge in [0.1, 0.15) is 11.9 Å². The molecule has 2 aromatic rings. The molecule has 1 atom stereocenters. The Morgan fingerprint density at radius 2 is 2.28 bits per heavy atom. The number of ether oxygens (including phenoxy) is 1. The van der Waals surface area contributed by atoms with E-state index in [0.29, 0.717) is 31.1 Å². The molecule has 1 aliphatic heterocycles. The second-order valence-corrected chi connectivity index (χ2v) is 6.00. The topological polar surface area (TPSA) is 87.3 Å². The Morgan fingerprint density at radius 1 is 1.44 bits per heavy atom. The summed E-state index contributed by atoms with van der Waals surface area (Å²) in [4.78, 5) is 24.6. The Balaban J connectivity index is 1.68. The quantitative estimate of drug-likeness (QED) is 0.795. The molecule has 0 bridgehead atoms. The van der Waals surface area contributed by atoms with Gasteiger partial charge in [-0.1, -0.05) is 0 Å². The highest BCUT2D eigenvalue weighted by Crippen LogP contribution is 2.16. The first-order valence-corrected chi connectivity index (χ1v) is 8.04.